The van der Waals surface area contributed by atoms with Crippen LogP contribution in [0.5, 0.6) is 0 Å². The number of hydrogen-bond donors (Lipinski definition) is 1. The largest absolute Gasteiger partial charge is 0.377 e. The maximum absolute atomic E-state index is 11.9. The van der Waals surface area contributed by atoms with Crippen LogP contribution in [0, 0.1) is 0 Å². The number of carbonyl (C=O) groups excluding carboxylic acids is 2. The molecule has 1 N–H and O–H groups in total. The lowest BCUT2D eigenvalue weighted by atomic mass is 10.2. The number of hydrogen-bond acceptors (Lipinski definition) is 3. The van der Waals surface area contributed by atoms with Gasteiger partial charge in [-0.05, 0) is 13.8 Å². The summed E-state index contributed by atoms with van der Waals surface area (Å²) in [5.74, 6) is 0.0177. The molecule has 1 rings (SSSR count). The van der Waals surface area contributed by atoms with Crippen LogP contribution >= 0.6 is 11.6 Å². The fraction of sp³-hybridized carbons (Fsp3) is 0.818. The topological polar surface area (TPSA) is 58.6 Å². The number of nitrogens with one attached hydrogen (secondary N) is 1. The van der Waals surface area contributed by atoms with E-state index in [1.54, 1.807) is 4.90 Å². The van der Waals surface area contributed by atoms with Gasteiger partial charge < -0.3 is 15.0 Å². The van der Waals surface area contributed by atoms with Crippen LogP contribution in [0.15, 0.2) is 0 Å². The van der Waals surface area contributed by atoms with Crippen LogP contribution in [-0.4, -0.2) is 54.4 Å². The molecule has 1 aliphatic rings. The van der Waals surface area contributed by atoms with E-state index in [4.69, 9.17) is 16.3 Å². The lowest BCUT2D eigenvalue weighted by Gasteiger charge is -2.35. The van der Waals surface area contributed by atoms with Crippen molar-refractivity contribution in [1.82, 2.24) is 10.2 Å². The van der Waals surface area contributed by atoms with Gasteiger partial charge in [0.05, 0.1) is 13.2 Å². The molecular formula is C11H19ClN2O3. The van der Waals surface area contributed by atoms with Gasteiger partial charge in [-0.1, -0.05) is 0 Å². The maximum Gasteiger partial charge on any atom is 0.245 e. The second-order valence-electron chi connectivity index (χ2n) is 4.28. The zero-order chi connectivity index (χ0) is 12.8. The summed E-state index contributed by atoms with van der Waals surface area (Å²) in [6, 6.07) is -0.476. The van der Waals surface area contributed by atoms with Gasteiger partial charge in [-0.2, -0.15) is 0 Å². The van der Waals surface area contributed by atoms with Crippen LogP contribution in [0.2, 0.25) is 0 Å². The third-order valence-corrected chi connectivity index (χ3v) is 2.68. The van der Waals surface area contributed by atoms with E-state index in [9.17, 15) is 9.59 Å². The van der Waals surface area contributed by atoms with Crippen LogP contribution < -0.4 is 5.32 Å². The molecule has 0 aromatic rings. The van der Waals surface area contributed by atoms with Crippen molar-refractivity contribution < 1.29 is 14.3 Å². The Morgan fingerprint density at radius 1 is 1.53 bits per heavy atom. The van der Waals surface area contributed by atoms with E-state index < -0.39 is 6.04 Å². The number of halogens is 1. The number of ether oxygens (including phenoxy) is 1. The minimum atomic E-state index is -0.526. The molecule has 1 atom stereocenters. The number of nitrogens with zero attached hydrogens (tertiary/aromatic N) is 1. The van der Waals surface area contributed by atoms with Crippen molar-refractivity contribution >= 4 is 23.4 Å². The van der Waals surface area contributed by atoms with Gasteiger partial charge in [0.15, 0.2) is 0 Å². The number of alkyl halides is 1. The Hall–Kier alpha value is -0.810. The van der Waals surface area contributed by atoms with E-state index in [1.807, 2.05) is 13.8 Å². The lowest BCUT2D eigenvalue weighted by molar-refractivity contribution is -0.148. The lowest BCUT2D eigenvalue weighted by Crippen LogP contribution is -2.56. The average Bonchev–Trinajstić information content (AvgIpc) is 2.28. The summed E-state index contributed by atoms with van der Waals surface area (Å²) < 4.78 is 5.26. The molecule has 0 spiro atoms. The quantitative estimate of drug-likeness (QED) is 0.745. The van der Waals surface area contributed by atoms with Crippen LogP contribution in [-0.2, 0) is 14.3 Å². The van der Waals surface area contributed by atoms with Gasteiger partial charge in [0, 0.05) is 24.9 Å². The Kier molecular flexibility index (Phi) is 5.71. The van der Waals surface area contributed by atoms with E-state index in [0.717, 1.165) is 0 Å². The first kappa shape index (κ1) is 14.3. The Bertz CT molecular complexity index is 284. The maximum atomic E-state index is 11.9. The standard InChI is InChI=1S/C11H19ClN2O3/c1-8(2)13-11(16)9-7-17-6-5-14(9)10(15)3-4-12/h8-9H,3-7H2,1-2H3,(H,13,16). The summed E-state index contributed by atoms with van der Waals surface area (Å²) in [6.45, 7) is 4.94. The second-order valence-corrected chi connectivity index (χ2v) is 4.66. The molecule has 1 unspecified atom stereocenters. The molecule has 0 radical (unpaired) electrons. The first-order valence-electron chi connectivity index (χ1n) is 5.79. The zero-order valence-corrected chi connectivity index (χ0v) is 11.0. The van der Waals surface area contributed by atoms with Crippen molar-refractivity contribution in [3.8, 4) is 0 Å². The van der Waals surface area contributed by atoms with Gasteiger partial charge in [-0.15, -0.1) is 11.6 Å². The number of rotatable bonds is 4. The highest BCUT2D eigenvalue weighted by Gasteiger charge is 2.32. The molecule has 1 fully saturated rings. The summed E-state index contributed by atoms with van der Waals surface area (Å²) in [4.78, 5) is 25.3. The van der Waals surface area contributed by atoms with Crippen LogP contribution in [0.25, 0.3) is 0 Å². The predicted molar refractivity (Wildman–Crippen MR) is 64.9 cm³/mol. The fourth-order valence-electron chi connectivity index (χ4n) is 1.72. The van der Waals surface area contributed by atoms with E-state index in [0.29, 0.717) is 13.2 Å². The Morgan fingerprint density at radius 2 is 2.24 bits per heavy atom. The van der Waals surface area contributed by atoms with Crippen molar-refractivity contribution in [2.45, 2.75) is 32.4 Å². The molecule has 0 aliphatic carbocycles. The van der Waals surface area contributed by atoms with Crippen LogP contribution in [0.4, 0.5) is 0 Å². The van der Waals surface area contributed by atoms with Gasteiger partial charge in [-0.3, -0.25) is 9.59 Å². The second kappa shape index (κ2) is 6.81. The van der Waals surface area contributed by atoms with Crippen molar-refractivity contribution in [3.63, 3.8) is 0 Å². The first-order chi connectivity index (χ1) is 8.06. The summed E-state index contributed by atoms with van der Waals surface area (Å²) in [6.07, 6.45) is 0.257. The summed E-state index contributed by atoms with van der Waals surface area (Å²) in [5, 5.41) is 2.79. The highest BCUT2D eigenvalue weighted by molar-refractivity contribution is 6.19. The Labute approximate surface area is 106 Å². The van der Waals surface area contributed by atoms with Crippen molar-refractivity contribution in [1.29, 1.82) is 0 Å². The van der Waals surface area contributed by atoms with E-state index in [1.165, 1.54) is 0 Å². The normalized spacial score (nSPS) is 20.5. The van der Waals surface area contributed by atoms with Gasteiger partial charge in [-0.25, -0.2) is 0 Å². The van der Waals surface area contributed by atoms with Crippen molar-refractivity contribution in [2.24, 2.45) is 0 Å². The third kappa shape index (κ3) is 4.16. The molecular weight excluding hydrogens is 244 g/mol. The molecule has 0 saturated carbocycles. The first-order valence-corrected chi connectivity index (χ1v) is 6.33. The summed E-state index contributed by atoms with van der Waals surface area (Å²) in [7, 11) is 0. The molecule has 1 saturated heterocycles. The zero-order valence-electron chi connectivity index (χ0n) is 10.2. The van der Waals surface area contributed by atoms with Gasteiger partial charge in [0.25, 0.3) is 0 Å². The van der Waals surface area contributed by atoms with Crippen LogP contribution in [0.3, 0.4) is 0 Å². The SMILES string of the molecule is CC(C)NC(=O)C1COCCN1C(=O)CCCl. The molecule has 6 heteroatoms. The van der Waals surface area contributed by atoms with Gasteiger partial charge in [0.2, 0.25) is 11.8 Å². The molecule has 5 nitrogen and oxygen atoms in total. The predicted octanol–water partition coefficient (Wildman–Crippen LogP) is 0.367. The summed E-state index contributed by atoms with van der Waals surface area (Å²) in [5.41, 5.74) is 0. The number of carbonyl (C=O) groups is 2. The average molecular weight is 263 g/mol. The number of amides is 2. The van der Waals surface area contributed by atoms with E-state index in [-0.39, 0.29) is 36.8 Å². The fourth-order valence-corrected chi connectivity index (χ4v) is 1.89. The summed E-state index contributed by atoms with van der Waals surface area (Å²) >= 11 is 5.55. The minimum absolute atomic E-state index is 0.0504. The Balaban J connectivity index is 2.65. The molecule has 0 aromatic heterocycles. The van der Waals surface area contributed by atoms with Gasteiger partial charge in [0.1, 0.15) is 6.04 Å². The smallest absolute Gasteiger partial charge is 0.245 e. The molecule has 1 heterocycles. The highest BCUT2D eigenvalue weighted by atomic mass is 35.5. The molecule has 17 heavy (non-hydrogen) atoms. The molecule has 1 aliphatic heterocycles. The van der Waals surface area contributed by atoms with Crippen molar-refractivity contribution in [2.75, 3.05) is 25.6 Å². The van der Waals surface area contributed by atoms with Crippen LogP contribution in [0.1, 0.15) is 20.3 Å². The van der Waals surface area contributed by atoms with E-state index in [2.05, 4.69) is 5.32 Å². The molecule has 98 valence electrons. The molecule has 0 aromatic carbocycles. The van der Waals surface area contributed by atoms with Crippen molar-refractivity contribution in [3.05, 3.63) is 0 Å². The van der Waals surface area contributed by atoms with Gasteiger partial charge >= 0.3 is 0 Å². The molecule has 2 amide bonds. The van der Waals surface area contributed by atoms with E-state index >= 15 is 0 Å². The Morgan fingerprint density at radius 3 is 2.82 bits per heavy atom. The number of morpholine rings is 1. The monoisotopic (exact) mass is 262 g/mol. The third-order valence-electron chi connectivity index (χ3n) is 2.49. The minimum Gasteiger partial charge on any atom is -0.377 e. The highest BCUT2D eigenvalue weighted by Crippen LogP contribution is 2.10. The molecule has 0 bridgehead atoms.